The lowest BCUT2D eigenvalue weighted by Crippen LogP contribution is -2.54. The predicted octanol–water partition coefficient (Wildman–Crippen LogP) is 4.75. The second kappa shape index (κ2) is 7.78. The number of nitrogens with one attached hydrogen (secondary N) is 2. The van der Waals surface area contributed by atoms with Crippen LogP contribution in [0.1, 0.15) is 38.5 Å². The van der Waals surface area contributed by atoms with Gasteiger partial charge in [-0.05, 0) is 92.7 Å². The number of para-hydroxylation sites is 1. The van der Waals surface area contributed by atoms with E-state index in [-0.39, 0.29) is 23.8 Å². The van der Waals surface area contributed by atoms with Crippen molar-refractivity contribution in [2.45, 2.75) is 38.5 Å². The van der Waals surface area contributed by atoms with Crippen LogP contribution in [0.3, 0.4) is 0 Å². The highest BCUT2D eigenvalue weighted by molar-refractivity contribution is 5.95. The zero-order chi connectivity index (χ0) is 20.6. The highest BCUT2D eigenvalue weighted by Gasteiger charge is 2.54. The zero-order valence-corrected chi connectivity index (χ0v) is 17.1. The molecule has 0 atom stereocenters. The molecule has 30 heavy (non-hydrogen) atoms. The summed E-state index contributed by atoms with van der Waals surface area (Å²) >= 11 is 0. The summed E-state index contributed by atoms with van der Waals surface area (Å²) in [5.74, 6) is 3.50. The predicted molar refractivity (Wildman–Crippen MR) is 115 cm³/mol. The number of carbonyl (C=O) groups excluding carboxylic acids is 2. The molecule has 2 aromatic rings. The van der Waals surface area contributed by atoms with Crippen molar-refractivity contribution in [3.05, 3.63) is 54.6 Å². The van der Waals surface area contributed by atoms with Crippen LogP contribution in [0.25, 0.3) is 0 Å². The molecule has 2 N–H and O–H groups in total. The van der Waals surface area contributed by atoms with Gasteiger partial charge in [-0.3, -0.25) is 9.59 Å². The van der Waals surface area contributed by atoms with E-state index in [0.29, 0.717) is 29.2 Å². The second-order valence-corrected chi connectivity index (χ2v) is 9.37. The number of hydrogen-bond donors (Lipinski definition) is 2. The Morgan fingerprint density at radius 1 is 0.833 bits per heavy atom. The van der Waals surface area contributed by atoms with Crippen molar-refractivity contribution >= 4 is 17.5 Å². The molecule has 6 rings (SSSR count). The van der Waals surface area contributed by atoms with Gasteiger partial charge >= 0.3 is 0 Å². The Morgan fingerprint density at radius 3 is 2.00 bits per heavy atom. The highest BCUT2D eigenvalue weighted by atomic mass is 16.5. The van der Waals surface area contributed by atoms with Gasteiger partial charge in [-0.25, -0.2) is 0 Å². The standard InChI is InChI=1S/C25H28N2O3/c28-23(27-20-6-8-22(9-7-20)30-21-4-2-1-3-5-21)16-26-24(29)25-13-17-10-18(14-25)12-19(11-17)15-25/h1-9,17-19H,10-16H2,(H,26,29)(H,27,28). The van der Waals surface area contributed by atoms with Crippen molar-refractivity contribution in [1.82, 2.24) is 5.32 Å². The Morgan fingerprint density at radius 2 is 1.40 bits per heavy atom. The van der Waals surface area contributed by atoms with Gasteiger partial charge in [0.25, 0.3) is 0 Å². The third kappa shape index (κ3) is 3.93. The summed E-state index contributed by atoms with van der Waals surface area (Å²) in [6.45, 7) is 0.0167. The van der Waals surface area contributed by atoms with Crippen molar-refractivity contribution in [2.75, 3.05) is 11.9 Å². The van der Waals surface area contributed by atoms with Gasteiger partial charge in [-0.15, -0.1) is 0 Å². The fourth-order valence-electron chi connectivity index (χ4n) is 6.17. The van der Waals surface area contributed by atoms with Crippen molar-refractivity contribution in [1.29, 1.82) is 0 Å². The quantitative estimate of drug-likeness (QED) is 0.730. The van der Waals surface area contributed by atoms with E-state index in [1.54, 1.807) is 12.1 Å². The van der Waals surface area contributed by atoms with Crippen LogP contribution < -0.4 is 15.4 Å². The lowest BCUT2D eigenvalue weighted by Gasteiger charge is -2.55. The summed E-state index contributed by atoms with van der Waals surface area (Å²) in [6, 6.07) is 16.8. The van der Waals surface area contributed by atoms with Crippen LogP contribution in [0.4, 0.5) is 5.69 Å². The normalized spacial score (nSPS) is 28.7. The summed E-state index contributed by atoms with van der Waals surface area (Å²) in [7, 11) is 0. The van der Waals surface area contributed by atoms with E-state index in [4.69, 9.17) is 4.74 Å². The van der Waals surface area contributed by atoms with Gasteiger partial charge in [0, 0.05) is 11.1 Å². The summed E-state index contributed by atoms with van der Waals surface area (Å²) in [5.41, 5.74) is 0.468. The monoisotopic (exact) mass is 404 g/mol. The fraction of sp³-hybridized carbons (Fsp3) is 0.440. The molecule has 156 valence electrons. The smallest absolute Gasteiger partial charge is 0.243 e. The number of hydrogen-bond acceptors (Lipinski definition) is 3. The van der Waals surface area contributed by atoms with E-state index in [0.717, 1.165) is 25.0 Å². The molecule has 2 amide bonds. The lowest BCUT2D eigenvalue weighted by molar-refractivity contribution is -0.146. The highest BCUT2D eigenvalue weighted by Crippen LogP contribution is 2.60. The number of amides is 2. The first-order chi connectivity index (χ1) is 14.6. The van der Waals surface area contributed by atoms with Crippen molar-refractivity contribution < 1.29 is 14.3 Å². The minimum atomic E-state index is -0.217. The number of rotatable bonds is 6. The van der Waals surface area contributed by atoms with Crippen molar-refractivity contribution in [2.24, 2.45) is 23.2 Å². The molecule has 0 radical (unpaired) electrons. The average Bonchev–Trinajstić information content (AvgIpc) is 2.73. The first-order valence-corrected chi connectivity index (χ1v) is 11.0. The van der Waals surface area contributed by atoms with Gasteiger partial charge in [0.15, 0.2) is 0 Å². The van der Waals surface area contributed by atoms with Crippen LogP contribution in [-0.2, 0) is 9.59 Å². The van der Waals surface area contributed by atoms with Gasteiger partial charge in [0.1, 0.15) is 11.5 Å². The molecule has 5 nitrogen and oxygen atoms in total. The van der Waals surface area contributed by atoms with Crippen LogP contribution in [0.2, 0.25) is 0 Å². The molecule has 0 unspecified atom stereocenters. The molecule has 4 aliphatic rings. The summed E-state index contributed by atoms with van der Waals surface area (Å²) in [4.78, 5) is 25.3. The largest absolute Gasteiger partial charge is 0.457 e. The summed E-state index contributed by atoms with van der Waals surface area (Å²) < 4.78 is 5.76. The zero-order valence-electron chi connectivity index (χ0n) is 17.1. The molecule has 4 aliphatic carbocycles. The molecular formula is C25H28N2O3. The Balaban J connectivity index is 1.13. The number of benzene rings is 2. The maximum Gasteiger partial charge on any atom is 0.243 e. The number of ether oxygens (including phenoxy) is 1. The van der Waals surface area contributed by atoms with Crippen LogP contribution in [0, 0.1) is 23.2 Å². The van der Waals surface area contributed by atoms with Crippen molar-refractivity contribution in [3.8, 4) is 11.5 Å². The summed E-state index contributed by atoms with van der Waals surface area (Å²) in [5, 5.41) is 5.78. The number of anilines is 1. The third-order valence-corrected chi connectivity index (χ3v) is 7.05. The van der Waals surface area contributed by atoms with Gasteiger partial charge in [0.2, 0.25) is 11.8 Å². The Labute approximate surface area is 177 Å². The summed E-state index contributed by atoms with van der Waals surface area (Å²) in [6.07, 6.45) is 6.94. The molecule has 0 saturated heterocycles. The van der Waals surface area contributed by atoms with Crippen molar-refractivity contribution in [3.63, 3.8) is 0 Å². The first-order valence-electron chi connectivity index (χ1n) is 11.0. The van der Waals surface area contributed by atoms with E-state index in [9.17, 15) is 9.59 Å². The van der Waals surface area contributed by atoms with E-state index in [2.05, 4.69) is 10.6 Å². The fourth-order valence-corrected chi connectivity index (χ4v) is 6.17. The van der Waals surface area contributed by atoms with Crippen LogP contribution in [-0.4, -0.2) is 18.4 Å². The maximum absolute atomic E-state index is 13.0. The van der Waals surface area contributed by atoms with E-state index < -0.39 is 0 Å². The molecule has 0 aliphatic heterocycles. The molecule has 0 heterocycles. The van der Waals surface area contributed by atoms with E-state index in [1.165, 1.54) is 19.3 Å². The Bertz CT molecular complexity index is 888. The number of carbonyl (C=O) groups is 2. The van der Waals surface area contributed by atoms with Gasteiger partial charge < -0.3 is 15.4 Å². The van der Waals surface area contributed by atoms with E-state index in [1.807, 2.05) is 42.5 Å². The lowest BCUT2D eigenvalue weighted by atomic mass is 9.49. The van der Waals surface area contributed by atoms with Crippen LogP contribution in [0.5, 0.6) is 11.5 Å². The topological polar surface area (TPSA) is 67.4 Å². The van der Waals surface area contributed by atoms with E-state index >= 15 is 0 Å². The van der Waals surface area contributed by atoms with Crippen LogP contribution >= 0.6 is 0 Å². The van der Waals surface area contributed by atoms with Crippen LogP contribution in [0.15, 0.2) is 54.6 Å². The molecule has 5 heteroatoms. The minimum Gasteiger partial charge on any atom is -0.457 e. The SMILES string of the molecule is O=C(CNC(=O)C12CC3CC(CC(C3)C1)C2)Nc1ccc(Oc2ccccc2)cc1. The molecule has 4 fully saturated rings. The maximum atomic E-state index is 13.0. The molecule has 2 aromatic carbocycles. The third-order valence-electron chi connectivity index (χ3n) is 7.05. The molecule has 0 spiro atoms. The van der Waals surface area contributed by atoms with Gasteiger partial charge in [-0.1, -0.05) is 18.2 Å². The molecule has 4 bridgehead atoms. The van der Waals surface area contributed by atoms with Gasteiger partial charge in [-0.2, -0.15) is 0 Å². The minimum absolute atomic E-state index is 0.0167. The molecule has 0 aromatic heterocycles. The average molecular weight is 405 g/mol. The second-order valence-electron chi connectivity index (χ2n) is 9.37. The molecule has 4 saturated carbocycles. The first kappa shape index (κ1) is 19.2. The Hall–Kier alpha value is -2.82. The molecular weight excluding hydrogens is 376 g/mol. The van der Waals surface area contributed by atoms with Gasteiger partial charge in [0.05, 0.1) is 6.54 Å². The Kier molecular flexibility index (Phi) is 4.97.